The molecule has 0 aliphatic heterocycles. The number of aromatic nitrogens is 1. The highest BCUT2D eigenvalue weighted by Gasteiger charge is 1.98. The first-order valence-corrected chi connectivity index (χ1v) is 3.35. The lowest BCUT2D eigenvalue weighted by Gasteiger charge is -1.91. The van der Waals surface area contributed by atoms with Crippen LogP contribution in [0.25, 0.3) is 6.08 Å². The Labute approximate surface area is 69.3 Å². The van der Waals surface area contributed by atoms with Crippen LogP contribution in [0.3, 0.4) is 0 Å². The van der Waals surface area contributed by atoms with E-state index in [9.17, 15) is 4.39 Å². The molecular weight excluding hydrogens is 160 g/mol. The summed E-state index contributed by atoms with van der Waals surface area (Å²) in [5.74, 6) is 0.506. The number of rotatable bonds is 2. The van der Waals surface area contributed by atoms with Gasteiger partial charge in [-0.1, -0.05) is 12.0 Å². The topological polar surface area (TPSA) is 53.4 Å². The van der Waals surface area contributed by atoms with E-state index in [2.05, 4.69) is 4.98 Å². The molecule has 62 valence electrons. The molecule has 0 unspecified atom stereocenters. The molecule has 0 aromatic carbocycles. The summed E-state index contributed by atoms with van der Waals surface area (Å²) in [6.45, 7) is 0. The van der Waals surface area contributed by atoms with Crippen molar-refractivity contribution in [1.29, 1.82) is 0 Å². The highest BCUT2D eigenvalue weighted by molar-refractivity contribution is 6.48. The first kappa shape index (κ1) is 8.90. The van der Waals surface area contributed by atoms with Crippen LogP contribution in [0.2, 0.25) is 0 Å². The number of nitrogens with zero attached hydrogens (tertiary/aromatic N) is 1. The Bertz CT molecular complexity index is 290. The maximum absolute atomic E-state index is 12.4. The van der Waals surface area contributed by atoms with Gasteiger partial charge in [0.15, 0.2) is 0 Å². The Hall–Kier alpha value is -1.20. The van der Waals surface area contributed by atoms with Crippen LogP contribution < -0.4 is 0 Å². The van der Waals surface area contributed by atoms with Crippen molar-refractivity contribution in [3.63, 3.8) is 0 Å². The Morgan fingerprint density at radius 1 is 1.42 bits per heavy atom. The Morgan fingerprint density at radius 2 is 2.17 bits per heavy atom. The molecule has 2 N–H and O–H groups in total. The fourth-order valence-electron chi connectivity index (χ4n) is 0.701. The molecule has 0 aliphatic carbocycles. The first-order valence-electron chi connectivity index (χ1n) is 3.35. The standard InChI is InChI=1S/C7H7BFNO2/c9-7-3-1-2-6(10-7)4-5-8(11)12/h1-5,11-12H/b5-4+. The molecule has 0 atom stereocenters. The molecule has 0 bridgehead atoms. The van der Waals surface area contributed by atoms with Crippen molar-refractivity contribution in [3.05, 3.63) is 35.8 Å². The van der Waals surface area contributed by atoms with Gasteiger partial charge < -0.3 is 10.0 Å². The number of hydrogen-bond acceptors (Lipinski definition) is 3. The van der Waals surface area contributed by atoms with Crippen LogP contribution in [0, 0.1) is 5.95 Å². The van der Waals surface area contributed by atoms with Gasteiger partial charge in [-0.2, -0.15) is 4.39 Å². The molecular formula is C7H7BFNO2. The van der Waals surface area contributed by atoms with Gasteiger partial charge in [0.05, 0.1) is 5.69 Å². The molecule has 0 amide bonds. The van der Waals surface area contributed by atoms with Gasteiger partial charge in [-0.25, -0.2) is 4.98 Å². The van der Waals surface area contributed by atoms with E-state index < -0.39 is 13.1 Å². The summed E-state index contributed by atoms with van der Waals surface area (Å²) in [5.41, 5.74) is 0.350. The van der Waals surface area contributed by atoms with E-state index in [1.54, 1.807) is 6.07 Å². The molecule has 0 radical (unpaired) electrons. The molecule has 0 fully saturated rings. The predicted molar refractivity (Wildman–Crippen MR) is 43.4 cm³/mol. The van der Waals surface area contributed by atoms with Crippen molar-refractivity contribution >= 4 is 13.2 Å². The summed E-state index contributed by atoms with van der Waals surface area (Å²) in [7, 11) is -1.53. The third-order valence-corrected chi connectivity index (χ3v) is 1.18. The molecule has 5 heteroatoms. The minimum atomic E-state index is -1.53. The summed E-state index contributed by atoms with van der Waals surface area (Å²) >= 11 is 0. The summed E-state index contributed by atoms with van der Waals surface area (Å²) in [6.07, 6.45) is 1.33. The van der Waals surface area contributed by atoms with Crippen LogP contribution in [0.15, 0.2) is 24.2 Å². The lowest BCUT2D eigenvalue weighted by Crippen LogP contribution is -2.05. The Morgan fingerprint density at radius 3 is 2.75 bits per heavy atom. The van der Waals surface area contributed by atoms with Crippen LogP contribution in [0.4, 0.5) is 4.39 Å². The van der Waals surface area contributed by atoms with Crippen LogP contribution in [-0.2, 0) is 0 Å². The zero-order valence-electron chi connectivity index (χ0n) is 6.18. The number of pyridine rings is 1. The van der Waals surface area contributed by atoms with Crippen molar-refractivity contribution in [3.8, 4) is 0 Å². The lowest BCUT2D eigenvalue weighted by atomic mass is 9.91. The minimum Gasteiger partial charge on any atom is -0.424 e. The third-order valence-electron chi connectivity index (χ3n) is 1.18. The second kappa shape index (κ2) is 3.99. The second-order valence-corrected chi connectivity index (χ2v) is 2.16. The van der Waals surface area contributed by atoms with Gasteiger partial charge >= 0.3 is 7.12 Å². The summed E-state index contributed by atoms with van der Waals surface area (Å²) in [5, 5.41) is 16.9. The Balaban J connectivity index is 2.76. The van der Waals surface area contributed by atoms with E-state index in [-0.39, 0.29) is 0 Å². The zero-order chi connectivity index (χ0) is 8.97. The van der Waals surface area contributed by atoms with Gasteiger partial charge in [0, 0.05) is 0 Å². The van der Waals surface area contributed by atoms with Crippen LogP contribution in [-0.4, -0.2) is 22.2 Å². The zero-order valence-corrected chi connectivity index (χ0v) is 6.18. The maximum atomic E-state index is 12.4. The summed E-state index contributed by atoms with van der Waals surface area (Å²) < 4.78 is 12.4. The molecule has 1 aromatic heterocycles. The van der Waals surface area contributed by atoms with Crippen molar-refractivity contribution < 1.29 is 14.4 Å². The van der Waals surface area contributed by atoms with Crippen molar-refractivity contribution in [2.75, 3.05) is 0 Å². The molecule has 1 aromatic rings. The highest BCUT2D eigenvalue weighted by Crippen LogP contribution is 1.99. The van der Waals surface area contributed by atoms with E-state index in [0.717, 1.165) is 5.98 Å². The van der Waals surface area contributed by atoms with Crippen LogP contribution >= 0.6 is 0 Å². The fraction of sp³-hybridized carbons (Fsp3) is 0. The van der Waals surface area contributed by atoms with Crippen LogP contribution in [0.1, 0.15) is 5.69 Å². The second-order valence-electron chi connectivity index (χ2n) is 2.16. The van der Waals surface area contributed by atoms with E-state index in [4.69, 9.17) is 10.0 Å². The molecule has 1 heterocycles. The monoisotopic (exact) mass is 167 g/mol. The molecule has 3 nitrogen and oxygen atoms in total. The van der Waals surface area contributed by atoms with Crippen molar-refractivity contribution in [2.24, 2.45) is 0 Å². The quantitative estimate of drug-likeness (QED) is 0.490. The molecule has 12 heavy (non-hydrogen) atoms. The molecule has 0 saturated carbocycles. The highest BCUT2D eigenvalue weighted by atomic mass is 19.1. The predicted octanol–water partition coefficient (Wildman–Crippen LogP) is 0.246. The Kier molecular flexibility index (Phi) is 2.96. The van der Waals surface area contributed by atoms with Gasteiger partial charge in [0.2, 0.25) is 5.95 Å². The van der Waals surface area contributed by atoms with Gasteiger partial charge in [-0.3, -0.25) is 0 Å². The first-order chi connectivity index (χ1) is 5.68. The van der Waals surface area contributed by atoms with Gasteiger partial charge in [0.25, 0.3) is 0 Å². The molecule has 0 aliphatic rings. The maximum Gasteiger partial charge on any atom is 0.480 e. The number of halogens is 1. The van der Waals surface area contributed by atoms with Crippen molar-refractivity contribution in [1.82, 2.24) is 4.98 Å². The molecule has 1 rings (SSSR count). The van der Waals surface area contributed by atoms with Crippen molar-refractivity contribution in [2.45, 2.75) is 0 Å². The van der Waals surface area contributed by atoms with Gasteiger partial charge in [-0.05, 0) is 18.2 Å². The van der Waals surface area contributed by atoms with E-state index in [1.165, 1.54) is 18.2 Å². The SMILES string of the molecule is OB(O)/C=C/c1cccc(F)n1. The summed E-state index contributed by atoms with van der Waals surface area (Å²) in [6, 6.07) is 4.26. The minimum absolute atomic E-state index is 0.350. The van der Waals surface area contributed by atoms with Gasteiger partial charge in [0.1, 0.15) is 0 Å². The van der Waals surface area contributed by atoms with E-state index >= 15 is 0 Å². The van der Waals surface area contributed by atoms with E-state index in [1.807, 2.05) is 0 Å². The fourth-order valence-corrected chi connectivity index (χ4v) is 0.701. The average molecular weight is 167 g/mol. The largest absolute Gasteiger partial charge is 0.480 e. The normalized spacial score (nSPS) is 10.6. The van der Waals surface area contributed by atoms with Gasteiger partial charge in [-0.15, -0.1) is 0 Å². The third kappa shape index (κ3) is 2.81. The van der Waals surface area contributed by atoms with Crippen LogP contribution in [0.5, 0.6) is 0 Å². The smallest absolute Gasteiger partial charge is 0.424 e. The number of hydrogen-bond donors (Lipinski definition) is 2. The molecule has 0 saturated heterocycles. The lowest BCUT2D eigenvalue weighted by molar-refractivity contribution is 0.424. The average Bonchev–Trinajstić information content (AvgIpc) is 2.01. The molecule has 0 spiro atoms. The van der Waals surface area contributed by atoms with E-state index in [0.29, 0.717) is 5.69 Å². The summed E-state index contributed by atoms with van der Waals surface area (Å²) in [4.78, 5) is 3.47.